The highest BCUT2D eigenvalue weighted by Gasteiger charge is 2.41. The quantitative estimate of drug-likeness (QED) is 0.762. The Bertz CT molecular complexity index is 408. The van der Waals surface area contributed by atoms with Crippen molar-refractivity contribution in [1.29, 1.82) is 0 Å². The van der Waals surface area contributed by atoms with Gasteiger partial charge in [-0.2, -0.15) is 0 Å². The third-order valence-corrected chi connectivity index (χ3v) is 5.12. The first-order valence-corrected chi connectivity index (χ1v) is 7.53. The Labute approximate surface area is 119 Å². The molecule has 0 aromatic carbocycles. The molecule has 3 saturated heterocycles. The molecule has 2 unspecified atom stereocenters. The van der Waals surface area contributed by atoms with Crippen molar-refractivity contribution in [2.24, 2.45) is 11.8 Å². The normalized spacial score (nSPS) is 31.6. The number of likely N-dealkylation sites (tertiary alicyclic amines) is 3. The lowest BCUT2D eigenvalue weighted by atomic mass is 9.84. The molecule has 0 aromatic heterocycles. The molecule has 3 rings (SSSR count). The third kappa shape index (κ3) is 2.37. The molecule has 3 aliphatic rings. The van der Waals surface area contributed by atoms with Crippen LogP contribution in [-0.2, 0) is 4.79 Å². The van der Waals surface area contributed by atoms with Crippen molar-refractivity contribution >= 4 is 12.0 Å². The zero-order valence-corrected chi connectivity index (χ0v) is 12.0. The van der Waals surface area contributed by atoms with Gasteiger partial charge in [0.15, 0.2) is 0 Å². The van der Waals surface area contributed by atoms with Crippen molar-refractivity contribution < 1.29 is 14.7 Å². The molecule has 3 fully saturated rings. The van der Waals surface area contributed by atoms with Crippen LogP contribution in [0.3, 0.4) is 0 Å². The van der Waals surface area contributed by atoms with Crippen LogP contribution in [0.4, 0.5) is 4.79 Å². The topological polar surface area (TPSA) is 64.1 Å². The van der Waals surface area contributed by atoms with Gasteiger partial charge in [0, 0.05) is 32.2 Å². The maximum absolute atomic E-state index is 12.3. The van der Waals surface area contributed by atoms with Crippen molar-refractivity contribution in [2.45, 2.75) is 25.3 Å². The highest BCUT2D eigenvalue weighted by atomic mass is 16.4. The summed E-state index contributed by atoms with van der Waals surface area (Å²) < 4.78 is 0. The average Bonchev–Trinajstić information content (AvgIpc) is 2.36. The van der Waals surface area contributed by atoms with Crippen molar-refractivity contribution in [2.75, 3.05) is 39.8 Å². The lowest BCUT2D eigenvalue weighted by Crippen LogP contribution is -2.61. The van der Waals surface area contributed by atoms with E-state index >= 15 is 0 Å². The Morgan fingerprint density at radius 2 is 1.80 bits per heavy atom. The highest BCUT2D eigenvalue weighted by molar-refractivity contribution is 5.80. The van der Waals surface area contributed by atoms with Gasteiger partial charge in [0.2, 0.25) is 0 Å². The summed E-state index contributed by atoms with van der Waals surface area (Å²) >= 11 is 0. The van der Waals surface area contributed by atoms with E-state index in [1.54, 1.807) is 4.90 Å². The van der Waals surface area contributed by atoms with Crippen LogP contribution >= 0.6 is 0 Å². The molecule has 0 spiro atoms. The second kappa shape index (κ2) is 5.24. The first kappa shape index (κ1) is 13.7. The summed E-state index contributed by atoms with van der Waals surface area (Å²) in [7, 11) is 2.18. The van der Waals surface area contributed by atoms with Gasteiger partial charge in [-0.15, -0.1) is 0 Å². The summed E-state index contributed by atoms with van der Waals surface area (Å²) in [6.45, 7) is 3.56. The van der Waals surface area contributed by atoms with Crippen LogP contribution in [0.15, 0.2) is 0 Å². The van der Waals surface area contributed by atoms with Gasteiger partial charge in [-0.05, 0) is 38.8 Å². The van der Waals surface area contributed by atoms with Crippen LogP contribution in [0.1, 0.15) is 19.3 Å². The Morgan fingerprint density at radius 3 is 2.50 bits per heavy atom. The number of aliphatic carboxylic acids is 1. The number of carboxylic acids is 1. The van der Waals surface area contributed by atoms with Gasteiger partial charge in [-0.3, -0.25) is 4.79 Å². The fraction of sp³-hybridized carbons (Fsp3) is 0.857. The number of hydrogen-bond acceptors (Lipinski definition) is 3. The largest absolute Gasteiger partial charge is 0.481 e. The van der Waals surface area contributed by atoms with Crippen molar-refractivity contribution in [3.05, 3.63) is 0 Å². The summed E-state index contributed by atoms with van der Waals surface area (Å²) in [6.07, 6.45) is 3.46. The number of urea groups is 1. The van der Waals surface area contributed by atoms with E-state index in [-0.39, 0.29) is 11.9 Å². The summed E-state index contributed by atoms with van der Waals surface area (Å²) in [5.41, 5.74) is 0. The average molecular weight is 281 g/mol. The van der Waals surface area contributed by atoms with E-state index in [9.17, 15) is 9.59 Å². The van der Waals surface area contributed by atoms with E-state index < -0.39 is 5.97 Å². The zero-order valence-electron chi connectivity index (χ0n) is 12.0. The molecule has 20 heavy (non-hydrogen) atoms. The molecule has 2 atom stereocenters. The summed E-state index contributed by atoms with van der Waals surface area (Å²) in [5.74, 6) is -0.568. The molecule has 0 bridgehead atoms. The summed E-state index contributed by atoms with van der Waals surface area (Å²) in [4.78, 5) is 29.2. The van der Waals surface area contributed by atoms with Gasteiger partial charge in [0.25, 0.3) is 0 Å². The molecular weight excluding hydrogens is 258 g/mol. The minimum Gasteiger partial charge on any atom is -0.481 e. The molecule has 3 aliphatic heterocycles. The number of amides is 2. The minimum atomic E-state index is -0.790. The molecule has 0 aromatic rings. The molecule has 1 N–H and O–H groups in total. The van der Waals surface area contributed by atoms with E-state index in [2.05, 4.69) is 11.9 Å². The first-order chi connectivity index (χ1) is 9.56. The summed E-state index contributed by atoms with van der Waals surface area (Å²) in [6, 6.07) is 0.658. The van der Waals surface area contributed by atoms with Crippen LogP contribution in [-0.4, -0.2) is 77.6 Å². The molecule has 2 amide bonds. The molecule has 6 heteroatoms. The molecule has 6 nitrogen and oxygen atoms in total. The molecule has 0 aliphatic carbocycles. The maximum Gasteiger partial charge on any atom is 0.320 e. The minimum absolute atomic E-state index is 0.0363. The number of hydrogen-bond donors (Lipinski definition) is 1. The van der Waals surface area contributed by atoms with Crippen LogP contribution in [0.25, 0.3) is 0 Å². The van der Waals surface area contributed by atoms with E-state index in [4.69, 9.17) is 5.11 Å². The third-order valence-electron chi connectivity index (χ3n) is 5.12. The Morgan fingerprint density at radius 1 is 1.05 bits per heavy atom. The predicted octanol–water partition coefficient (Wildman–Crippen LogP) is 0.539. The number of carboxylic acid groups (broad SMARTS) is 1. The van der Waals surface area contributed by atoms with Crippen LogP contribution in [0, 0.1) is 11.8 Å². The van der Waals surface area contributed by atoms with Crippen LogP contribution in [0.2, 0.25) is 0 Å². The van der Waals surface area contributed by atoms with Crippen molar-refractivity contribution in [1.82, 2.24) is 14.7 Å². The van der Waals surface area contributed by atoms with Gasteiger partial charge in [0.1, 0.15) is 0 Å². The lowest BCUT2D eigenvalue weighted by molar-refractivity contribution is -0.146. The maximum atomic E-state index is 12.3. The van der Waals surface area contributed by atoms with Gasteiger partial charge >= 0.3 is 12.0 Å². The Balaban J connectivity index is 1.54. The Kier molecular flexibility index (Phi) is 3.58. The van der Waals surface area contributed by atoms with Gasteiger partial charge in [-0.1, -0.05) is 0 Å². The number of rotatable bonds is 1. The van der Waals surface area contributed by atoms with Crippen molar-refractivity contribution in [3.63, 3.8) is 0 Å². The van der Waals surface area contributed by atoms with Gasteiger partial charge in [-0.25, -0.2) is 4.79 Å². The summed E-state index contributed by atoms with van der Waals surface area (Å²) in [5, 5.41) is 8.87. The van der Waals surface area contributed by atoms with E-state index in [0.29, 0.717) is 25.0 Å². The fourth-order valence-electron chi connectivity index (χ4n) is 3.82. The van der Waals surface area contributed by atoms with Crippen LogP contribution < -0.4 is 0 Å². The second-order valence-electron chi connectivity index (χ2n) is 6.41. The predicted molar refractivity (Wildman–Crippen MR) is 73.4 cm³/mol. The van der Waals surface area contributed by atoms with E-state index in [1.165, 1.54) is 19.4 Å². The molecule has 112 valence electrons. The van der Waals surface area contributed by atoms with Gasteiger partial charge < -0.3 is 19.8 Å². The van der Waals surface area contributed by atoms with E-state index in [1.807, 2.05) is 4.90 Å². The smallest absolute Gasteiger partial charge is 0.320 e. The molecule has 0 radical (unpaired) electrons. The molecular formula is C14H23N3O3. The molecule has 0 saturated carbocycles. The van der Waals surface area contributed by atoms with Crippen molar-refractivity contribution in [3.8, 4) is 0 Å². The highest BCUT2D eigenvalue weighted by Crippen LogP contribution is 2.30. The van der Waals surface area contributed by atoms with E-state index in [0.717, 1.165) is 19.5 Å². The number of carbonyl (C=O) groups excluding carboxylic acids is 1. The number of fused-ring (bicyclic) bond motifs is 1. The first-order valence-electron chi connectivity index (χ1n) is 7.53. The standard InChI is InChI=1S/C14H23N3O3/c1-15-5-2-3-10-7-16(6-4-12(10)15)14(20)17-8-11(9-17)13(18)19/h10-12H,2-9H2,1H3,(H,18,19). The SMILES string of the molecule is CN1CCCC2CN(C(=O)N3CC(C(=O)O)C3)CCC21. The second-order valence-corrected chi connectivity index (χ2v) is 6.41. The number of nitrogens with zero attached hydrogens (tertiary/aromatic N) is 3. The molecule has 3 heterocycles. The number of carbonyl (C=O) groups is 2. The lowest BCUT2D eigenvalue weighted by Gasteiger charge is -2.48. The van der Waals surface area contributed by atoms with Crippen LogP contribution in [0.5, 0.6) is 0 Å². The zero-order chi connectivity index (χ0) is 14.3. The van der Waals surface area contributed by atoms with Gasteiger partial charge in [0.05, 0.1) is 5.92 Å². The monoisotopic (exact) mass is 281 g/mol. The number of piperidine rings is 2. The Hall–Kier alpha value is -1.30. The fourth-order valence-corrected chi connectivity index (χ4v) is 3.82.